The van der Waals surface area contributed by atoms with Gasteiger partial charge >= 0.3 is 0 Å². The van der Waals surface area contributed by atoms with E-state index in [0.29, 0.717) is 12.3 Å². The highest BCUT2D eigenvalue weighted by Gasteiger charge is 2.22. The first-order valence-electron chi connectivity index (χ1n) is 9.45. The second-order valence-corrected chi connectivity index (χ2v) is 7.21. The average Bonchev–Trinajstić information content (AvgIpc) is 3.39. The van der Waals surface area contributed by atoms with Gasteiger partial charge in [-0.05, 0) is 25.1 Å². The number of hydrogen-bond acceptors (Lipinski definition) is 7. The van der Waals surface area contributed by atoms with Gasteiger partial charge in [0, 0.05) is 32.8 Å². The number of hydrogen-bond donors (Lipinski definition) is 1. The fourth-order valence-corrected chi connectivity index (χ4v) is 3.01. The van der Waals surface area contributed by atoms with Gasteiger partial charge in [-0.15, -0.1) is 0 Å². The molecular formula is C20H20ClN5O6. The number of non-ortho nitro benzene ring substituents is 1. The van der Waals surface area contributed by atoms with Gasteiger partial charge in [0.15, 0.2) is 5.76 Å². The fraction of sp³-hybridized carbons (Fsp3) is 0.250. The number of aromatic nitrogens is 2. The number of carbonyl (C=O) groups is 2. The van der Waals surface area contributed by atoms with E-state index in [0.717, 1.165) is 0 Å². The number of rotatable bonds is 8. The lowest BCUT2D eigenvalue weighted by molar-refractivity contribution is -0.384. The summed E-state index contributed by atoms with van der Waals surface area (Å²) in [6, 6.07) is 6.84. The molecule has 168 valence electrons. The molecule has 0 radical (unpaired) electrons. The van der Waals surface area contributed by atoms with Crippen LogP contribution in [0.3, 0.4) is 0 Å². The van der Waals surface area contributed by atoms with Crippen LogP contribution in [0.5, 0.6) is 5.75 Å². The molecule has 32 heavy (non-hydrogen) atoms. The molecular weight excluding hydrogens is 442 g/mol. The van der Waals surface area contributed by atoms with Gasteiger partial charge in [-0.1, -0.05) is 11.6 Å². The highest BCUT2D eigenvalue weighted by Crippen LogP contribution is 2.29. The lowest BCUT2D eigenvalue weighted by Crippen LogP contribution is -2.26. The van der Waals surface area contributed by atoms with Gasteiger partial charge in [-0.3, -0.25) is 24.4 Å². The molecule has 1 aromatic carbocycles. The van der Waals surface area contributed by atoms with E-state index in [9.17, 15) is 19.7 Å². The van der Waals surface area contributed by atoms with E-state index in [1.54, 1.807) is 20.2 Å². The Bertz CT molecular complexity index is 1170. The zero-order valence-corrected chi connectivity index (χ0v) is 18.3. The average molecular weight is 462 g/mol. The van der Waals surface area contributed by atoms with Crippen molar-refractivity contribution in [2.24, 2.45) is 0 Å². The maximum atomic E-state index is 12.6. The second-order valence-electron chi connectivity index (χ2n) is 6.80. The Labute approximate surface area is 187 Å². The first-order valence-corrected chi connectivity index (χ1v) is 9.83. The van der Waals surface area contributed by atoms with E-state index in [-0.39, 0.29) is 46.1 Å². The number of nitro benzene ring substituents is 1. The Morgan fingerprint density at radius 1 is 1.31 bits per heavy atom. The number of carbonyl (C=O) groups excluding carboxylic acids is 2. The van der Waals surface area contributed by atoms with Crippen molar-refractivity contribution >= 4 is 34.8 Å². The van der Waals surface area contributed by atoms with Crippen molar-refractivity contribution in [1.82, 2.24) is 14.7 Å². The summed E-state index contributed by atoms with van der Waals surface area (Å²) in [5, 5.41) is 17.6. The fourth-order valence-electron chi connectivity index (χ4n) is 2.78. The van der Waals surface area contributed by atoms with Gasteiger partial charge in [0.2, 0.25) is 0 Å². The third kappa shape index (κ3) is 4.89. The van der Waals surface area contributed by atoms with Gasteiger partial charge in [0.05, 0.1) is 21.8 Å². The lowest BCUT2D eigenvalue weighted by atomic mass is 10.3. The third-order valence-corrected chi connectivity index (χ3v) is 4.67. The second kappa shape index (κ2) is 9.52. The number of nitrogens with one attached hydrogen (secondary N) is 1. The molecule has 0 saturated heterocycles. The van der Waals surface area contributed by atoms with Crippen LogP contribution in [0, 0.1) is 10.1 Å². The molecule has 0 spiro atoms. The molecule has 0 saturated carbocycles. The number of furan rings is 1. The molecule has 12 heteroatoms. The minimum atomic E-state index is -0.562. The topological polar surface area (TPSA) is 133 Å². The molecule has 0 aliphatic heterocycles. The van der Waals surface area contributed by atoms with E-state index in [2.05, 4.69) is 10.4 Å². The van der Waals surface area contributed by atoms with Crippen LogP contribution < -0.4 is 10.1 Å². The molecule has 11 nitrogen and oxygen atoms in total. The van der Waals surface area contributed by atoms with E-state index in [1.165, 1.54) is 40.0 Å². The van der Waals surface area contributed by atoms with Crippen LogP contribution >= 0.6 is 11.6 Å². The number of nitrogens with zero attached hydrogens (tertiary/aromatic N) is 4. The molecule has 2 heterocycles. The van der Waals surface area contributed by atoms with Crippen LogP contribution in [0.25, 0.3) is 0 Å². The predicted octanol–water partition coefficient (Wildman–Crippen LogP) is 3.59. The number of benzene rings is 1. The van der Waals surface area contributed by atoms with Crippen molar-refractivity contribution in [3.63, 3.8) is 0 Å². The Morgan fingerprint density at radius 3 is 2.69 bits per heavy atom. The van der Waals surface area contributed by atoms with Crippen LogP contribution in [-0.2, 0) is 13.2 Å². The summed E-state index contributed by atoms with van der Waals surface area (Å²) in [5.74, 6) is -0.288. The first kappa shape index (κ1) is 22.8. The maximum absolute atomic E-state index is 12.6. The number of aryl methyl sites for hydroxylation is 1. The molecule has 2 amide bonds. The SMILES string of the molecule is CCn1ncc(NC(=O)c2ccc(COc3ccc([N+](=O)[O-])cc3Cl)o2)c1C(=O)N(C)C. The summed E-state index contributed by atoms with van der Waals surface area (Å²) >= 11 is 6.00. The van der Waals surface area contributed by atoms with E-state index >= 15 is 0 Å². The van der Waals surface area contributed by atoms with Crippen molar-refractivity contribution in [2.45, 2.75) is 20.1 Å². The molecule has 3 rings (SSSR count). The summed E-state index contributed by atoms with van der Waals surface area (Å²) in [4.78, 5) is 36.7. The quantitative estimate of drug-likeness (QED) is 0.400. The van der Waals surface area contributed by atoms with Crippen LogP contribution in [0.4, 0.5) is 11.4 Å². The van der Waals surface area contributed by atoms with Crippen molar-refractivity contribution < 1.29 is 23.7 Å². The molecule has 1 N–H and O–H groups in total. The maximum Gasteiger partial charge on any atom is 0.291 e. The molecule has 0 aliphatic rings. The Hall–Kier alpha value is -3.86. The van der Waals surface area contributed by atoms with Crippen molar-refractivity contribution in [1.29, 1.82) is 0 Å². The highest BCUT2D eigenvalue weighted by atomic mass is 35.5. The number of ether oxygens (including phenoxy) is 1. The van der Waals surface area contributed by atoms with Gasteiger partial charge < -0.3 is 19.4 Å². The third-order valence-electron chi connectivity index (χ3n) is 4.38. The van der Waals surface area contributed by atoms with Crippen molar-refractivity contribution in [3.8, 4) is 5.75 Å². The first-order chi connectivity index (χ1) is 15.2. The van der Waals surface area contributed by atoms with E-state index in [1.807, 2.05) is 6.92 Å². The molecule has 0 bridgehead atoms. The zero-order valence-electron chi connectivity index (χ0n) is 17.5. The lowest BCUT2D eigenvalue weighted by Gasteiger charge is -2.13. The normalized spacial score (nSPS) is 10.6. The van der Waals surface area contributed by atoms with E-state index in [4.69, 9.17) is 20.8 Å². The van der Waals surface area contributed by atoms with Crippen molar-refractivity contribution in [2.75, 3.05) is 19.4 Å². The molecule has 3 aromatic rings. The zero-order chi connectivity index (χ0) is 23.4. The van der Waals surface area contributed by atoms with Gasteiger partial charge in [-0.25, -0.2) is 0 Å². The van der Waals surface area contributed by atoms with Crippen molar-refractivity contribution in [3.05, 3.63) is 68.9 Å². The van der Waals surface area contributed by atoms with Gasteiger partial charge in [0.25, 0.3) is 17.5 Å². The summed E-state index contributed by atoms with van der Waals surface area (Å²) in [5.41, 5.74) is 0.369. The highest BCUT2D eigenvalue weighted by molar-refractivity contribution is 6.32. The summed E-state index contributed by atoms with van der Waals surface area (Å²) in [6.07, 6.45) is 1.40. The molecule has 0 aliphatic carbocycles. The van der Waals surface area contributed by atoms with Crippen LogP contribution in [0.15, 0.2) is 40.9 Å². The van der Waals surface area contributed by atoms with Gasteiger partial charge in [-0.2, -0.15) is 5.10 Å². The minimum absolute atomic E-state index is 0.00546. The van der Waals surface area contributed by atoms with Crippen LogP contribution in [0.2, 0.25) is 5.02 Å². The standard InChI is InChI=1S/C20H20ClN5O6/c1-4-25-18(20(28)24(2)3)15(10-22-25)23-19(27)17-8-6-13(32-17)11-31-16-7-5-12(26(29)30)9-14(16)21/h5-10H,4,11H2,1-3H3,(H,23,27). The summed E-state index contributed by atoms with van der Waals surface area (Å²) < 4.78 is 12.5. The van der Waals surface area contributed by atoms with Gasteiger partial charge in [0.1, 0.15) is 23.8 Å². The minimum Gasteiger partial charge on any atom is -0.484 e. The van der Waals surface area contributed by atoms with Crippen LogP contribution in [0.1, 0.15) is 33.7 Å². The molecule has 2 aromatic heterocycles. The molecule has 0 fully saturated rings. The predicted molar refractivity (Wildman–Crippen MR) is 115 cm³/mol. The molecule has 0 unspecified atom stereocenters. The van der Waals surface area contributed by atoms with E-state index < -0.39 is 10.8 Å². The summed E-state index contributed by atoms with van der Waals surface area (Å²) in [6.45, 7) is 2.24. The Balaban J connectivity index is 1.69. The number of anilines is 1. The number of halogens is 1. The van der Waals surface area contributed by atoms with Crippen LogP contribution in [-0.4, -0.2) is 45.5 Å². The molecule has 0 atom stereocenters. The smallest absolute Gasteiger partial charge is 0.291 e. The Morgan fingerprint density at radius 2 is 2.06 bits per heavy atom. The monoisotopic (exact) mass is 461 g/mol. The summed E-state index contributed by atoms with van der Waals surface area (Å²) in [7, 11) is 3.22. The Kier molecular flexibility index (Phi) is 6.79. The number of nitro groups is 1. The number of amides is 2. The largest absolute Gasteiger partial charge is 0.484 e.